The number of anilines is 1. The van der Waals surface area contributed by atoms with Crippen molar-refractivity contribution in [3.8, 4) is 11.8 Å². The summed E-state index contributed by atoms with van der Waals surface area (Å²) in [6.45, 7) is 3.61. The predicted molar refractivity (Wildman–Crippen MR) is 98.9 cm³/mol. The van der Waals surface area contributed by atoms with Crippen LogP contribution in [-0.2, 0) is 17.1 Å². The topological polar surface area (TPSA) is 113 Å². The van der Waals surface area contributed by atoms with Crippen LogP contribution in [0.4, 0.5) is 10.1 Å². The second-order valence-electron chi connectivity index (χ2n) is 6.20. The van der Waals surface area contributed by atoms with E-state index in [-0.39, 0.29) is 34.2 Å². The number of fused-ring (bicyclic) bond motifs is 1. The molecule has 1 amide bonds. The van der Waals surface area contributed by atoms with Crippen LogP contribution in [0.25, 0.3) is 0 Å². The molecule has 3 rings (SSSR count). The van der Waals surface area contributed by atoms with Gasteiger partial charge < -0.3 is 14.6 Å². The van der Waals surface area contributed by atoms with Crippen molar-refractivity contribution < 1.29 is 22.3 Å². The van der Waals surface area contributed by atoms with Gasteiger partial charge in [0.05, 0.1) is 11.6 Å². The molecule has 0 fully saturated rings. The van der Waals surface area contributed by atoms with Gasteiger partial charge in [-0.15, -0.1) is 6.58 Å². The summed E-state index contributed by atoms with van der Waals surface area (Å²) in [6.07, 6.45) is 3.22. The largest absolute Gasteiger partial charge is 0.488 e. The summed E-state index contributed by atoms with van der Waals surface area (Å²) in [5.41, 5.74) is -0.0432. The Kier molecular flexibility index (Phi) is 5.22. The summed E-state index contributed by atoms with van der Waals surface area (Å²) < 4.78 is 48.1. The lowest BCUT2D eigenvalue weighted by Crippen LogP contribution is -2.36. The van der Waals surface area contributed by atoms with Gasteiger partial charge in [0, 0.05) is 18.9 Å². The average molecular weight is 404 g/mol. The summed E-state index contributed by atoms with van der Waals surface area (Å²) in [5.74, 6) is -1.43. The molecule has 28 heavy (non-hydrogen) atoms. The van der Waals surface area contributed by atoms with Gasteiger partial charge in [-0.1, -0.05) is 6.08 Å². The summed E-state index contributed by atoms with van der Waals surface area (Å²) in [7, 11) is -2.38. The zero-order valence-corrected chi connectivity index (χ0v) is 15.7. The molecule has 0 spiro atoms. The Bertz CT molecular complexity index is 1100. The molecule has 8 nitrogen and oxygen atoms in total. The van der Waals surface area contributed by atoms with Crippen molar-refractivity contribution in [1.29, 1.82) is 5.26 Å². The Morgan fingerprint density at radius 1 is 1.57 bits per heavy atom. The summed E-state index contributed by atoms with van der Waals surface area (Å²) >= 11 is 0. The van der Waals surface area contributed by atoms with E-state index in [0.29, 0.717) is 6.42 Å². The number of nitriles is 1. The summed E-state index contributed by atoms with van der Waals surface area (Å²) in [4.78, 5) is 12.6. The van der Waals surface area contributed by atoms with Crippen LogP contribution < -0.4 is 14.8 Å². The third kappa shape index (κ3) is 3.62. The zero-order valence-electron chi connectivity index (χ0n) is 14.9. The second-order valence-corrected chi connectivity index (χ2v) is 7.88. The third-order valence-electron chi connectivity index (χ3n) is 4.15. The molecule has 0 saturated heterocycles. The number of halogens is 1. The Morgan fingerprint density at radius 3 is 3.00 bits per heavy atom. The van der Waals surface area contributed by atoms with E-state index in [9.17, 15) is 17.6 Å². The van der Waals surface area contributed by atoms with Gasteiger partial charge in [-0.2, -0.15) is 5.26 Å². The number of carbonyl (C=O) groups excluding carboxylic acids is 1. The molecule has 1 aliphatic rings. The van der Waals surface area contributed by atoms with Crippen LogP contribution in [0.3, 0.4) is 0 Å². The molecule has 1 aromatic carbocycles. The van der Waals surface area contributed by atoms with Gasteiger partial charge >= 0.3 is 0 Å². The van der Waals surface area contributed by atoms with Gasteiger partial charge in [-0.05, 0) is 24.6 Å². The number of benzene rings is 1. The summed E-state index contributed by atoms with van der Waals surface area (Å²) in [5, 5.41) is 11.4. The molecule has 0 bridgehead atoms. The molecule has 2 heterocycles. The maximum atomic E-state index is 13.5. The number of rotatable bonds is 4. The maximum absolute atomic E-state index is 13.5. The van der Waals surface area contributed by atoms with Gasteiger partial charge in [0.15, 0.2) is 11.4 Å². The SMILES string of the molecule is C=CC[C@@H]1COc2c(cn(C)c2C(=O)Nc2ccc(F)c(C#N)c2)S(=O)(=O)N1. The molecule has 2 aromatic rings. The average Bonchev–Trinajstić information content (AvgIpc) is 2.92. The van der Waals surface area contributed by atoms with E-state index in [1.54, 1.807) is 12.1 Å². The molecule has 1 aromatic heterocycles. The van der Waals surface area contributed by atoms with Gasteiger partial charge in [0.1, 0.15) is 23.4 Å². The first kappa shape index (κ1) is 19.6. The Labute approximate surface area is 161 Å². The number of amides is 1. The molecule has 146 valence electrons. The van der Waals surface area contributed by atoms with Crippen molar-refractivity contribution in [2.45, 2.75) is 17.4 Å². The molecule has 1 atom stereocenters. The standard InChI is InChI=1S/C18H17FN4O4S/c1-3-4-13-10-27-17-15(28(25,26)22-13)9-23(2)16(17)18(24)21-12-5-6-14(19)11(7-12)8-20/h3,5-7,9,13,22H,1,4,10H2,2H3,(H,21,24)/t13-/m1/s1. The predicted octanol–water partition coefficient (Wildman–Crippen LogP) is 1.90. The van der Waals surface area contributed by atoms with Crippen molar-refractivity contribution >= 4 is 21.6 Å². The van der Waals surface area contributed by atoms with Crippen LogP contribution in [-0.4, -0.2) is 31.5 Å². The highest BCUT2D eigenvalue weighted by molar-refractivity contribution is 7.89. The van der Waals surface area contributed by atoms with Crippen LogP contribution >= 0.6 is 0 Å². The van der Waals surface area contributed by atoms with Crippen molar-refractivity contribution in [3.63, 3.8) is 0 Å². The molecule has 1 aliphatic heterocycles. The number of sulfonamides is 1. The van der Waals surface area contributed by atoms with Crippen molar-refractivity contribution in [1.82, 2.24) is 9.29 Å². The first-order chi connectivity index (χ1) is 13.3. The fraction of sp³-hybridized carbons (Fsp3) is 0.222. The number of hydrogen-bond donors (Lipinski definition) is 2. The van der Waals surface area contributed by atoms with E-state index >= 15 is 0 Å². The molecule has 0 radical (unpaired) electrons. The lowest BCUT2D eigenvalue weighted by Gasteiger charge is -2.13. The van der Waals surface area contributed by atoms with Crippen LogP contribution in [0.5, 0.6) is 5.75 Å². The molecule has 2 N–H and O–H groups in total. The van der Waals surface area contributed by atoms with Gasteiger partial charge in [-0.3, -0.25) is 4.79 Å². The quantitative estimate of drug-likeness (QED) is 0.756. The van der Waals surface area contributed by atoms with Crippen molar-refractivity contribution in [2.75, 3.05) is 11.9 Å². The molecule has 0 saturated carbocycles. The molecular formula is C18H17FN4O4S. The number of nitrogens with one attached hydrogen (secondary N) is 2. The van der Waals surface area contributed by atoms with E-state index in [4.69, 9.17) is 10.00 Å². The van der Waals surface area contributed by atoms with Gasteiger partial charge in [0.2, 0.25) is 10.0 Å². The van der Waals surface area contributed by atoms with Crippen molar-refractivity contribution in [2.24, 2.45) is 7.05 Å². The number of aryl methyl sites for hydroxylation is 1. The lowest BCUT2D eigenvalue weighted by molar-refractivity contribution is 0.101. The highest BCUT2D eigenvalue weighted by Crippen LogP contribution is 2.33. The highest BCUT2D eigenvalue weighted by atomic mass is 32.2. The number of carbonyl (C=O) groups is 1. The lowest BCUT2D eigenvalue weighted by atomic mass is 10.2. The van der Waals surface area contributed by atoms with Crippen molar-refractivity contribution in [3.05, 3.63) is 54.1 Å². The smallest absolute Gasteiger partial charge is 0.276 e. The minimum Gasteiger partial charge on any atom is -0.488 e. The number of ether oxygens (including phenoxy) is 1. The number of hydrogen-bond acceptors (Lipinski definition) is 5. The monoisotopic (exact) mass is 404 g/mol. The van der Waals surface area contributed by atoms with E-state index in [1.807, 2.05) is 0 Å². The van der Waals surface area contributed by atoms with E-state index in [1.165, 1.54) is 29.9 Å². The normalized spacial score (nSPS) is 17.5. The molecule has 0 aliphatic carbocycles. The van der Waals surface area contributed by atoms with E-state index in [2.05, 4.69) is 16.6 Å². The first-order valence-corrected chi connectivity index (χ1v) is 9.71. The van der Waals surface area contributed by atoms with Gasteiger partial charge in [-0.25, -0.2) is 17.5 Å². The number of aromatic nitrogens is 1. The fourth-order valence-electron chi connectivity index (χ4n) is 2.87. The minimum absolute atomic E-state index is 0.0116. The Morgan fingerprint density at radius 2 is 2.32 bits per heavy atom. The molecule has 0 unspecified atom stereocenters. The maximum Gasteiger partial charge on any atom is 0.276 e. The second kappa shape index (κ2) is 7.46. The Balaban J connectivity index is 1.96. The summed E-state index contributed by atoms with van der Waals surface area (Å²) in [6, 6.07) is 4.73. The van der Waals surface area contributed by atoms with E-state index in [0.717, 1.165) is 6.07 Å². The highest BCUT2D eigenvalue weighted by Gasteiger charge is 2.34. The third-order valence-corrected chi connectivity index (χ3v) is 5.67. The number of nitrogens with zero attached hydrogens (tertiary/aromatic N) is 2. The van der Waals surface area contributed by atoms with Crippen LogP contribution in [0.2, 0.25) is 0 Å². The minimum atomic E-state index is -3.89. The van der Waals surface area contributed by atoms with Crippen LogP contribution in [0.15, 0.2) is 41.9 Å². The van der Waals surface area contributed by atoms with Crippen LogP contribution in [0, 0.1) is 17.1 Å². The Hall–Kier alpha value is -3.16. The van der Waals surface area contributed by atoms with E-state index < -0.39 is 27.8 Å². The first-order valence-electron chi connectivity index (χ1n) is 8.23. The fourth-order valence-corrected chi connectivity index (χ4v) is 4.29. The molecule has 10 heteroatoms. The van der Waals surface area contributed by atoms with Gasteiger partial charge in [0.25, 0.3) is 5.91 Å². The molecular weight excluding hydrogens is 387 g/mol. The van der Waals surface area contributed by atoms with Crippen LogP contribution in [0.1, 0.15) is 22.5 Å². The zero-order chi connectivity index (χ0) is 20.5.